The van der Waals surface area contributed by atoms with Crippen LogP contribution >= 0.6 is 11.6 Å². The second-order valence-electron chi connectivity index (χ2n) is 6.00. The number of benzene rings is 2. The van der Waals surface area contributed by atoms with Crippen molar-refractivity contribution in [3.8, 4) is 0 Å². The van der Waals surface area contributed by atoms with Gasteiger partial charge in [-0.2, -0.15) is 0 Å². The van der Waals surface area contributed by atoms with Crippen LogP contribution in [0.4, 0.5) is 5.69 Å². The Morgan fingerprint density at radius 1 is 1.19 bits per heavy atom. The molecule has 2 aromatic carbocycles. The zero-order valence-corrected chi connectivity index (χ0v) is 15.6. The van der Waals surface area contributed by atoms with Crippen LogP contribution in [0.2, 0.25) is 5.02 Å². The quantitative estimate of drug-likeness (QED) is 0.867. The topological polar surface area (TPSA) is 83.6 Å². The highest BCUT2D eigenvalue weighted by Crippen LogP contribution is 2.24. The second kappa shape index (κ2) is 7.09. The van der Waals surface area contributed by atoms with Crippen LogP contribution in [-0.4, -0.2) is 26.8 Å². The number of nitrogens with zero attached hydrogens (tertiary/aromatic N) is 1. The summed E-state index contributed by atoms with van der Waals surface area (Å²) in [5.74, 6) is -0.775. The highest BCUT2D eigenvalue weighted by Gasteiger charge is 2.24. The van der Waals surface area contributed by atoms with Gasteiger partial charge in [-0.25, -0.2) is 13.1 Å². The number of anilines is 1. The van der Waals surface area contributed by atoms with Crippen molar-refractivity contribution in [1.82, 2.24) is 4.72 Å². The molecule has 136 valence electrons. The summed E-state index contributed by atoms with van der Waals surface area (Å²) in [5.41, 5.74) is 1.10. The molecule has 0 unspecified atom stereocenters. The predicted octanol–water partition coefficient (Wildman–Crippen LogP) is 2.89. The van der Waals surface area contributed by atoms with Crippen LogP contribution in [0.25, 0.3) is 0 Å². The zero-order valence-electron chi connectivity index (χ0n) is 14.0. The summed E-state index contributed by atoms with van der Waals surface area (Å²) >= 11 is 5.97. The fourth-order valence-corrected chi connectivity index (χ4v) is 4.32. The number of halogens is 1. The van der Waals surface area contributed by atoms with Gasteiger partial charge >= 0.3 is 0 Å². The minimum absolute atomic E-state index is 0.00951. The van der Waals surface area contributed by atoms with Gasteiger partial charge in [-0.05, 0) is 49.2 Å². The predicted molar refractivity (Wildman–Crippen MR) is 98.9 cm³/mol. The van der Waals surface area contributed by atoms with Crippen molar-refractivity contribution in [2.75, 3.05) is 11.4 Å². The Kier molecular flexibility index (Phi) is 5.02. The largest absolute Gasteiger partial charge is 0.312 e. The van der Waals surface area contributed by atoms with E-state index in [9.17, 15) is 18.0 Å². The van der Waals surface area contributed by atoms with Crippen molar-refractivity contribution in [3.05, 3.63) is 58.6 Å². The molecule has 2 amide bonds. The standard InChI is InChI=1S/C18H17ClN2O4S/c1-12-15(19)7-3-8-16(12)26(24,25)20-18(23)13-5-2-6-14(11-13)21-10-4-9-17(21)22/h2-3,5-8,11H,4,9-10H2,1H3,(H,20,23). The van der Waals surface area contributed by atoms with Crippen molar-refractivity contribution in [2.24, 2.45) is 0 Å². The molecule has 8 heteroatoms. The molecule has 0 spiro atoms. The van der Waals surface area contributed by atoms with Crippen LogP contribution in [0, 0.1) is 6.92 Å². The third-order valence-corrected chi connectivity index (χ3v) is 6.11. The Morgan fingerprint density at radius 2 is 1.92 bits per heavy atom. The van der Waals surface area contributed by atoms with E-state index in [1.807, 2.05) is 0 Å². The molecule has 1 N–H and O–H groups in total. The van der Waals surface area contributed by atoms with Crippen molar-refractivity contribution in [2.45, 2.75) is 24.7 Å². The number of carbonyl (C=O) groups is 2. The number of hydrogen-bond acceptors (Lipinski definition) is 4. The fourth-order valence-electron chi connectivity index (χ4n) is 2.85. The average molecular weight is 393 g/mol. The zero-order chi connectivity index (χ0) is 18.9. The Morgan fingerprint density at radius 3 is 2.62 bits per heavy atom. The van der Waals surface area contributed by atoms with Gasteiger partial charge in [0.2, 0.25) is 5.91 Å². The van der Waals surface area contributed by atoms with Gasteiger partial charge < -0.3 is 4.90 Å². The lowest BCUT2D eigenvalue weighted by Crippen LogP contribution is -2.31. The van der Waals surface area contributed by atoms with E-state index in [1.165, 1.54) is 24.3 Å². The molecule has 1 aliphatic heterocycles. The maximum Gasteiger partial charge on any atom is 0.265 e. The number of amides is 2. The second-order valence-corrected chi connectivity index (χ2v) is 8.05. The lowest BCUT2D eigenvalue weighted by atomic mass is 10.2. The first-order valence-corrected chi connectivity index (χ1v) is 9.88. The highest BCUT2D eigenvalue weighted by molar-refractivity contribution is 7.90. The highest BCUT2D eigenvalue weighted by atomic mass is 35.5. The lowest BCUT2D eigenvalue weighted by molar-refractivity contribution is -0.117. The first kappa shape index (κ1) is 18.4. The van der Waals surface area contributed by atoms with Gasteiger partial charge in [0, 0.05) is 29.2 Å². The van der Waals surface area contributed by atoms with E-state index >= 15 is 0 Å². The molecule has 26 heavy (non-hydrogen) atoms. The first-order valence-electron chi connectivity index (χ1n) is 8.02. The number of nitrogens with one attached hydrogen (secondary N) is 1. The lowest BCUT2D eigenvalue weighted by Gasteiger charge is -2.16. The van der Waals surface area contributed by atoms with Crippen LogP contribution in [0.1, 0.15) is 28.8 Å². The van der Waals surface area contributed by atoms with E-state index in [4.69, 9.17) is 11.6 Å². The molecule has 0 aliphatic carbocycles. The summed E-state index contributed by atoms with van der Waals surface area (Å²) < 4.78 is 27.1. The van der Waals surface area contributed by atoms with Crippen LogP contribution in [0.5, 0.6) is 0 Å². The summed E-state index contributed by atoms with van der Waals surface area (Å²) in [6.45, 7) is 2.16. The molecule has 0 aromatic heterocycles. The monoisotopic (exact) mass is 392 g/mol. The molecule has 0 atom stereocenters. The molecular weight excluding hydrogens is 376 g/mol. The normalized spacial score (nSPS) is 14.5. The molecule has 0 bridgehead atoms. The number of hydrogen-bond donors (Lipinski definition) is 1. The smallest absolute Gasteiger partial charge is 0.265 e. The van der Waals surface area contributed by atoms with E-state index in [0.29, 0.717) is 29.2 Å². The summed E-state index contributed by atoms with van der Waals surface area (Å²) in [7, 11) is -4.07. The number of carbonyl (C=O) groups excluding carboxylic acids is 2. The Bertz CT molecular complexity index is 988. The van der Waals surface area contributed by atoms with Crippen LogP contribution < -0.4 is 9.62 Å². The van der Waals surface area contributed by atoms with E-state index in [0.717, 1.165) is 6.42 Å². The molecule has 2 aromatic rings. The molecule has 1 saturated heterocycles. The third-order valence-electron chi connectivity index (χ3n) is 4.23. The molecule has 1 heterocycles. The minimum atomic E-state index is -4.07. The van der Waals surface area contributed by atoms with Crippen molar-refractivity contribution in [1.29, 1.82) is 0 Å². The van der Waals surface area contributed by atoms with Crippen LogP contribution in [0.15, 0.2) is 47.4 Å². The molecule has 1 aliphatic rings. The van der Waals surface area contributed by atoms with Crippen LogP contribution in [-0.2, 0) is 14.8 Å². The molecule has 0 saturated carbocycles. The summed E-state index contributed by atoms with van der Waals surface area (Å²) in [6.07, 6.45) is 1.23. The van der Waals surface area contributed by atoms with Gasteiger partial charge in [-0.15, -0.1) is 0 Å². The summed E-state index contributed by atoms with van der Waals surface area (Å²) in [5, 5.41) is 0.301. The molecule has 1 fully saturated rings. The van der Waals surface area contributed by atoms with Crippen molar-refractivity contribution >= 4 is 39.1 Å². The first-order chi connectivity index (χ1) is 12.3. The Balaban J connectivity index is 1.86. The molecule has 0 radical (unpaired) electrons. The van der Waals surface area contributed by atoms with E-state index in [-0.39, 0.29) is 16.4 Å². The van der Waals surface area contributed by atoms with Crippen LogP contribution in [0.3, 0.4) is 0 Å². The minimum Gasteiger partial charge on any atom is -0.312 e. The Hall–Kier alpha value is -2.38. The number of rotatable bonds is 4. The molecular formula is C18H17ClN2O4S. The van der Waals surface area contributed by atoms with Gasteiger partial charge in [0.05, 0.1) is 4.90 Å². The van der Waals surface area contributed by atoms with Gasteiger partial charge in [0.1, 0.15) is 0 Å². The fraction of sp³-hybridized carbons (Fsp3) is 0.222. The molecule has 3 rings (SSSR count). The maximum atomic E-state index is 12.5. The summed E-state index contributed by atoms with van der Waals surface area (Å²) in [4.78, 5) is 25.8. The van der Waals surface area contributed by atoms with E-state index in [2.05, 4.69) is 4.72 Å². The van der Waals surface area contributed by atoms with Crippen molar-refractivity contribution in [3.63, 3.8) is 0 Å². The number of sulfonamides is 1. The van der Waals surface area contributed by atoms with Gasteiger partial charge in [0.15, 0.2) is 0 Å². The Labute approximate surface area is 156 Å². The van der Waals surface area contributed by atoms with E-state index < -0.39 is 15.9 Å². The van der Waals surface area contributed by atoms with Gasteiger partial charge in [0.25, 0.3) is 15.9 Å². The van der Waals surface area contributed by atoms with Crippen molar-refractivity contribution < 1.29 is 18.0 Å². The van der Waals surface area contributed by atoms with Gasteiger partial charge in [-0.3, -0.25) is 9.59 Å². The summed E-state index contributed by atoms with van der Waals surface area (Å²) in [6, 6.07) is 10.8. The average Bonchev–Trinajstić information content (AvgIpc) is 3.03. The van der Waals surface area contributed by atoms with Gasteiger partial charge in [-0.1, -0.05) is 23.7 Å². The third kappa shape index (κ3) is 3.59. The maximum absolute atomic E-state index is 12.5. The van der Waals surface area contributed by atoms with E-state index in [1.54, 1.807) is 30.0 Å². The SMILES string of the molecule is Cc1c(Cl)cccc1S(=O)(=O)NC(=O)c1cccc(N2CCCC2=O)c1. The molecule has 6 nitrogen and oxygen atoms in total.